The molecule has 1 fully saturated rings. The number of carbonyl (C=O) groups is 1. The van der Waals surface area contributed by atoms with Crippen LogP contribution < -0.4 is 5.32 Å². The third-order valence-electron chi connectivity index (χ3n) is 3.10. The van der Waals surface area contributed by atoms with Gasteiger partial charge in [-0.05, 0) is 26.7 Å². The number of rotatable bonds is 4. The minimum Gasteiger partial charge on any atom is -0.360 e. The van der Waals surface area contributed by atoms with Crippen LogP contribution in [0.3, 0.4) is 0 Å². The van der Waals surface area contributed by atoms with Gasteiger partial charge in [-0.15, -0.1) is 11.3 Å². The van der Waals surface area contributed by atoms with Crippen molar-refractivity contribution in [3.8, 4) is 0 Å². The normalized spacial score (nSPS) is 16.3. The number of nitrogens with one attached hydrogen (secondary N) is 1. The topological polar surface area (TPSA) is 68.0 Å². The van der Waals surface area contributed by atoms with Crippen molar-refractivity contribution in [3.05, 3.63) is 33.6 Å². The molecule has 2 heterocycles. The fraction of sp³-hybridized carbons (Fsp3) is 0.462. The second-order valence-electron chi connectivity index (χ2n) is 4.89. The zero-order valence-electron chi connectivity index (χ0n) is 10.8. The van der Waals surface area contributed by atoms with Crippen molar-refractivity contribution < 1.29 is 9.32 Å². The van der Waals surface area contributed by atoms with Gasteiger partial charge in [-0.1, -0.05) is 5.16 Å². The summed E-state index contributed by atoms with van der Waals surface area (Å²) in [5.41, 5.74) is 0.349. The molecule has 0 bridgehead atoms. The van der Waals surface area contributed by atoms with E-state index in [0.29, 0.717) is 11.6 Å². The first-order valence-electron chi connectivity index (χ1n) is 6.33. The van der Waals surface area contributed by atoms with Gasteiger partial charge in [0, 0.05) is 23.1 Å². The summed E-state index contributed by atoms with van der Waals surface area (Å²) in [5, 5.41) is 7.61. The smallest absolute Gasteiger partial charge is 0.274 e. The summed E-state index contributed by atoms with van der Waals surface area (Å²) in [6.07, 6.45) is 4.07. The Morgan fingerprint density at radius 1 is 1.58 bits per heavy atom. The van der Waals surface area contributed by atoms with Crippen molar-refractivity contribution in [2.24, 2.45) is 0 Å². The molecule has 1 atom stereocenters. The summed E-state index contributed by atoms with van der Waals surface area (Å²) in [7, 11) is 0. The first kappa shape index (κ1) is 12.3. The summed E-state index contributed by atoms with van der Waals surface area (Å²) >= 11 is 1.58. The number of aromatic nitrogens is 2. The van der Waals surface area contributed by atoms with E-state index in [2.05, 4.69) is 15.5 Å². The molecule has 0 aliphatic heterocycles. The van der Waals surface area contributed by atoms with Crippen LogP contribution in [0.15, 0.2) is 16.8 Å². The van der Waals surface area contributed by atoms with Crippen molar-refractivity contribution in [2.45, 2.75) is 38.6 Å². The molecule has 0 saturated heterocycles. The van der Waals surface area contributed by atoms with Crippen molar-refractivity contribution in [1.29, 1.82) is 0 Å². The van der Waals surface area contributed by atoms with E-state index < -0.39 is 0 Å². The first-order chi connectivity index (χ1) is 9.13. The molecule has 2 aromatic rings. The minimum absolute atomic E-state index is 0.118. The van der Waals surface area contributed by atoms with Crippen LogP contribution >= 0.6 is 11.3 Å². The predicted molar refractivity (Wildman–Crippen MR) is 71.2 cm³/mol. The van der Waals surface area contributed by atoms with Gasteiger partial charge in [0.15, 0.2) is 5.69 Å². The fourth-order valence-corrected chi connectivity index (χ4v) is 2.64. The second-order valence-corrected chi connectivity index (χ2v) is 6.16. The molecule has 1 aliphatic rings. The van der Waals surface area contributed by atoms with E-state index in [1.807, 2.05) is 20.0 Å². The molecule has 2 aromatic heterocycles. The number of carbonyl (C=O) groups excluding carboxylic acids is 1. The first-order valence-corrected chi connectivity index (χ1v) is 7.15. The van der Waals surface area contributed by atoms with E-state index in [-0.39, 0.29) is 11.9 Å². The van der Waals surface area contributed by atoms with Crippen LogP contribution in [0.2, 0.25) is 0 Å². The molecule has 1 N–H and O–H groups in total. The Hall–Kier alpha value is -1.69. The Balaban J connectivity index is 1.66. The van der Waals surface area contributed by atoms with Gasteiger partial charge in [0.05, 0.1) is 6.04 Å². The maximum atomic E-state index is 12.0. The molecule has 3 rings (SSSR count). The Labute approximate surface area is 115 Å². The number of hydrogen-bond acceptors (Lipinski definition) is 5. The van der Waals surface area contributed by atoms with Gasteiger partial charge in [-0.3, -0.25) is 4.79 Å². The maximum Gasteiger partial charge on any atom is 0.274 e. The van der Waals surface area contributed by atoms with Gasteiger partial charge in [0.25, 0.3) is 5.91 Å². The zero-order chi connectivity index (χ0) is 13.4. The van der Waals surface area contributed by atoms with Crippen molar-refractivity contribution >= 4 is 17.2 Å². The summed E-state index contributed by atoms with van der Waals surface area (Å²) in [5.74, 6) is 1.08. The molecule has 0 aromatic carbocycles. The lowest BCUT2D eigenvalue weighted by molar-refractivity contribution is 0.0930. The third-order valence-corrected chi connectivity index (χ3v) is 4.19. The molecular weight excluding hydrogens is 262 g/mol. The average molecular weight is 277 g/mol. The van der Waals surface area contributed by atoms with Gasteiger partial charge in [-0.25, -0.2) is 4.98 Å². The molecule has 6 heteroatoms. The Morgan fingerprint density at radius 3 is 3.00 bits per heavy atom. The van der Waals surface area contributed by atoms with Crippen LogP contribution in [0.5, 0.6) is 0 Å². The van der Waals surface area contributed by atoms with Crippen LogP contribution in [0.1, 0.15) is 57.9 Å². The quantitative estimate of drug-likeness (QED) is 0.933. The van der Waals surface area contributed by atoms with Gasteiger partial charge < -0.3 is 9.84 Å². The van der Waals surface area contributed by atoms with Crippen molar-refractivity contribution in [3.63, 3.8) is 0 Å². The third kappa shape index (κ3) is 2.68. The summed E-state index contributed by atoms with van der Waals surface area (Å²) < 4.78 is 5.18. The lowest BCUT2D eigenvalue weighted by Crippen LogP contribution is -2.26. The van der Waals surface area contributed by atoms with Gasteiger partial charge in [0.1, 0.15) is 10.8 Å². The van der Waals surface area contributed by atoms with E-state index in [4.69, 9.17) is 4.52 Å². The fourth-order valence-electron chi connectivity index (χ4n) is 1.86. The second kappa shape index (κ2) is 4.77. The molecule has 1 aliphatic carbocycles. The van der Waals surface area contributed by atoms with Crippen LogP contribution in [-0.4, -0.2) is 16.0 Å². The minimum atomic E-state index is -0.212. The van der Waals surface area contributed by atoms with E-state index in [0.717, 1.165) is 28.5 Å². The van der Waals surface area contributed by atoms with E-state index in [9.17, 15) is 4.79 Å². The molecule has 100 valence electrons. The number of hydrogen-bond donors (Lipinski definition) is 1. The van der Waals surface area contributed by atoms with E-state index in [1.165, 1.54) is 0 Å². The number of thiazole rings is 1. The highest BCUT2D eigenvalue weighted by molar-refractivity contribution is 7.11. The molecule has 5 nitrogen and oxygen atoms in total. The van der Waals surface area contributed by atoms with Gasteiger partial charge >= 0.3 is 0 Å². The molecular formula is C13H15N3O2S. The van der Waals surface area contributed by atoms with E-state index in [1.54, 1.807) is 17.4 Å². The van der Waals surface area contributed by atoms with Crippen LogP contribution in [0, 0.1) is 6.92 Å². The Kier molecular flexibility index (Phi) is 3.10. The lowest BCUT2D eigenvalue weighted by atomic mass is 10.2. The monoisotopic (exact) mass is 277 g/mol. The summed E-state index contributed by atoms with van der Waals surface area (Å²) in [6.45, 7) is 3.91. The highest BCUT2D eigenvalue weighted by Crippen LogP contribution is 2.40. The van der Waals surface area contributed by atoms with Gasteiger partial charge in [0.2, 0.25) is 0 Å². The Bertz CT molecular complexity index is 601. The number of amides is 1. The van der Waals surface area contributed by atoms with Gasteiger partial charge in [-0.2, -0.15) is 0 Å². The molecule has 0 radical (unpaired) electrons. The zero-order valence-corrected chi connectivity index (χ0v) is 11.7. The lowest BCUT2D eigenvalue weighted by Gasteiger charge is -2.09. The largest absolute Gasteiger partial charge is 0.360 e. The standard InChI is InChI=1S/C13H15N3O2S/c1-7-6-14-13(19-7)8(2)15-12(17)10-5-11(18-16-10)9-3-4-9/h5-6,8-9H,3-4H2,1-2H3,(H,15,17). The summed E-state index contributed by atoms with van der Waals surface area (Å²) in [4.78, 5) is 17.4. The molecule has 1 amide bonds. The SMILES string of the molecule is Cc1cnc(C(C)NC(=O)c2cc(C3CC3)on2)s1. The average Bonchev–Trinajstić information content (AvgIpc) is 2.94. The Morgan fingerprint density at radius 2 is 2.37 bits per heavy atom. The molecule has 1 saturated carbocycles. The molecule has 19 heavy (non-hydrogen) atoms. The summed E-state index contributed by atoms with van der Waals surface area (Å²) in [6, 6.07) is 1.62. The highest BCUT2D eigenvalue weighted by atomic mass is 32.1. The number of nitrogens with zero attached hydrogens (tertiary/aromatic N) is 2. The molecule has 0 spiro atoms. The highest BCUT2D eigenvalue weighted by Gasteiger charge is 2.29. The van der Waals surface area contributed by atoms with Crippen LogP contribution in [-0.2, 0) is 0 Å². The number of aryl methyl sites for hydroxylation is 1. The van der Waals surface area contributed by atoms with Crippen LogP contribution in [0.4, 0.5) is 0 Å². The van der Waals surface area contributed by atoms with Crippen molar-refractivity contribution in [1.82, 2.24) is 15.5 Å². The predicted octanol–water partition coefficient (Wildman–Crippen LogP) is 2.81. The van der Waals surface area contributed by atoms with Crippen LogP contribution in [0.25, 0.3) is 0 Å². The molecule has 1 unspecified atom stereocenters. The van der Waals surface area contributed by atoms with Crippen molar-refractivity contribution in [2.75, 3.05) is 0 Å². The van der Waals surface area contributed by atoms with E-state index >= 15 is 0 Å². The maximum absolute atomic E-state index is 12.0.